The van der Waals surface area contributed by atoms with Gasteiger partial charge in [-0.3, -0.25) is 9.69 Å². The zero-order valence-corrected chi connectivity index (χ0v) is 14.7. The van der Waals surface area contributed by atoms with Gasteiger partial charge in [-0.15, -0.1) is 0 Å². The lowest BCUT2D eigenvalue weighted by atomic mass is 10.2. The summed E-state index contributed by atoms with van der Waals surface area (Å²) in [5.74, 6) is 0.296. The summed E-state index contributed by atoms with van der Waals surface area (Å²) in [6.45, 7) is 2.90. The Bertz CT molecular complexity index is 694. The van der Waals surface area contributed by atoms with Gasteiger partial charge < -0.3 is 5.32 Å². The lowest BCUT2D eigenvalue weighted by Gasteiger charge is -2.15. The largest absolute Gasteiger partial charge is 0.301 e. The summed E-state index contributed by atoms with van der Waals surface area (Å²) in [5.41, 5.74) is 2.02. The standard InChI is InChI=1S/C16H18N4OS2/c1-12-15(22-9-8-17)23-16(18-12)19-14(21)11-20(2)10-13-6-4-3-5-7-13/h3-7H,9-11H2,1-2H3,(H,18,19,21). The minimum Gasteiger partial charge on any atom is -0.301 e. The summed E-state index contributed by atoms with van der Waals surface area (Å²) in [5, 5.41) is 12.0. The van der Waals surface area contributed by atoms with E-state index < -0.39 is 0 Å². The average Bonchev–Trinajstić information content (AvgIpc) is 2.85. The highest BCUT2D eigenvalue weighted by molar-refractivity contribution is 8.01. The van der Waals surface area contributed by atoms with E-state index in [0.717, 1.165) is 9.90 Å². The zero-order chi connectivity index (χ0) is 16.7. The van der Waals surface area contributed by atoms with Crippen molar-refractivity contribution in [3.8, 4) is 6.07 Å². The van der Waals surface area contributed by atoms with E-state index in [1.807, 2.05) is 49.2 Å². The van der Waals surface area contributed by atoms with Crippen molar-refractivity contribution in [1.29, 1.82) is 5.26 Å². The van der Waals surface area contributed by atoms with Crippen molar-refractivity contribution in [3.63, 3.8) is 0 Å². The van der Waals surface area contributed by atoms with Gasteiger partial charge in [0, 0.05) is 6.54 Å². The number of aryl methyl sites for hydroxylation is 1. The molecular formula is C16H18N4OS2. The van der Waals surface area contributed by atoms with Crippen molar-refractivity contribution in [1.82, 2.24) is 9.88 Å². The molecule has 1 N–H and O–H groups in total. The van der Waals surface area contributed by atoms with Crippen LogP contribution < -0.4 is 5.32 Å². The van der Waals surface area contributed by atoms with E-state index in [-0.39, 0.29) is 5.91 Å². The van der Waals surface area contributed by atoms with Crippen LogP contribution in [0.5, 0.6) is 0 Å². The molecule has 0 saturated carbocycles. The normalized spacial score (nSPS) is 10.5. The maximum absolute atomic E-state index is 12.1. The summed E-state index contributed by atoms with van der Waals surface area (Å²) in [6.07, 6.45) is 0. The maximum Gasteiger partial charge on any atom is 0.240 e. The quantitative estimate of drug-likeness (QED) is 0.780. The van der Waals surface area contributed by atoms with Crippen LogP contribution >= 0.6 is 23.1 Å². The Labute approximate surface area is 144 Å². The topological polar surface area (TPSA) is 69.0 Å². The van der Waals surface area contributed by atoms with E-state index in [1.54, 1.807) is 0 Å². The first-order valence-corrected chi connectivity index (χ1v) is 8.88. The number of amides is 1. The number of carbonyl (C=O) groups excluding carboxylic acids is 1. The van der Waals surface area contributed by atoms with Crippen LogP contribution in [0.4, 0.5) is 5.13 Å². The van der Waals surface area contributed by atoms with Crippen LogP contribution in [-0.2, 0) is 11.3 Å². The molecule has 0 aliphatic heterocycles. The van der Waals surface area contributed by atoms with Crippen LogP contribution in [0.15, 0.2) is 34.5 Å². The number of anilines is 1. The molecule has 1 heterocycles. The Morgan fingerprint density at radius 1 is 1.43 bits per heavy atom. The van der Waals surface area contributed by atoms with Gasteiger partial charge in [-0.25, -0.2) is 4.98 Å². The van der Waals surface area contributed by atoms with E-state index in [4.69, 9.17) is 5.26 Å². The summed E-state index contributed by atoms with van der Waals surface area (Å²) in [6, 6.07) is 12.1. The molecular weight excluding hydrogens is 328 g/mol. The van der Waals surface area contributed by atoms with Gasteiger partial charge in [0.15, 0.2) is 5.13 Å². The molecule has 0 aliphatic rings. The van der Waals surface area contributed by atoms with E-state index in [2.05, 4.69) is 16.4 Å². The zero-order valence-electron chi connectivity index (χ0n) is 13.1. The third-order valence-corrected chi connectivity index (χ3v) is 5.28. The second-order valence-electron chi connectivity index (χ2n) is 5.04. The predicted molar refractivity (Wildman–Crippen MR) is 94.6 cm³/mol. The van der Waals surface area contributed by atoms with Gasteiger partial charge in [0.05, 0.1) is 28.3 Å². The molecule has 1 aromatic carbocycles. The molecule has 0 atom stereocenters. The van der Waals surface area contributed by atoms with Gasteiger partial charge in [-0.05, 0) is 19.5 Å². The molecule has 1 amide bonds. The van der Waals surface area contributed by atoms with Gasteiger partial charge in [0.2, 0.25) is 5.91 Å². The van der Waals surface area contributed by atoms with Gasteiger partial charge >= 0.3 is 0 Å². The molecule has 5 nitrogen and oxygen atoms in total. The molecule has 0 aliphatic carbocycles. The van der Waals surface area contributed by atoms with Crippen LogP contribution in [0.3, 0.4) is 0 Å². The minimum absolute atomic E-state index is 0.0889. The Hall–Kier alpha value is -1.88. The maximum atomic E-state index is 12.1. The summed E-state index contributed by atoms with van der Waals surface area (Å²) >= 11 is 2.85. The molecule has 0 saturated heterocycles. The molecule has 0 unspecified atom stereocenters. The molecule has 120 valence electrons. The van der Waals surface area contributed by atoms with Gasteiger partial charge in [0.1, 0.15) is 0 Å². The van der Waals surface area contributed by atoms with Gasteiger partial charge in [-0.2, -0.15) is 5.26 Å². The number of aromatic nitrogens is 1. The van der Waals surface area contributed by atoms with Crippen molar-refractivity contribution >= 4 is 34.1 Å². The number of nitriles is 1. The average molecular weight is 346 g/mol. The molecule has 7 heteroatoms. The third kappa shape index (κ3) is 5.67. The Balaban J connectivity index is 1.86. The Morgan fingerprint density at radius 3 is 2.87 bits per heavy atom. The smallest absolute Gasteiger partial charge is 0.240 e. The fraction of sp³-hybridized carbons (Fsp3) is 0.312. The third-order valence-electron chi connectivity index (χ3n) is 2.98. The SMILES string of the molecule is Cc1nc(NC(=O)CN(C)Cc2ccccc2)sc1SCC#N. The Kier molecular flexibility index (Phi) is 6.59. The monoisotopic (exact) mass is 346 g/mol. The summed E-state index contributed by atoms with van der Waals surface area (Å²) in [7, 11) is 1.91. The first-order valence-electron chi connectivity index (χ1n) is 7.08. The highest BCUT2D eigenvalue weighted by Gasteiger charge is 2.12. The predicted octanol–water partition coefficient (Wildman–Crippen LogP) is 3.14. The highest BCUT2D eigenvalue weighted by atomic mass is 32.2. The van der Waals surface area contributed by atoms with Crippen LogP contribution in [0.1, 0.15) is 11.3 Å². The van der Waals surface area contributed by atoms with Gasteiger partial charge in [0.25, 0.3) is 0 Å². The number of thiazole rings is 1. The number of thioether (sulfide) groups is 1. The van der Waals surface area contributed by atoms with Crippen LogP contribution in [0.2, 0.25) is 0 Å². The second kappa shape index (κ2) is 8.67. The number of rotatable bonds is 7. The molecule has 2 aromatic rings. The fourth-order valence-electron chi connectivity index (χ4n) is 2.02. The van der Waals surface area contributed by atoms with Crippen molar-refractivity contribution in [2.24, 2.45) is 0 Å². The number of benzene rings is 1. The van der Waals surface area contributed by atoms with E-state index in [1.165, 1.54) is 28.7 Å². The number of likely N-dealkylation sites (N-methyl/N-ethyl adjacent to an activating group) is 1. The number of hydrogen-bond acceptors (Lipinski definition) is 6. The second-order valence-corrected chi connectivity index (χ2v) is 7.29. The number of nitrogens with zero attached hydrogens (tertiary/aromatic N) is 3. The number of hydrogen-bond donors (Lipinski definition) is 1. The fourth-order valence-corrected chi connectivity index (χ4v) is 3.84. The molecule has 1 aromatic heterocycles. The van der Waals surface area contributed by atoms with Crippen LogP contribution in [0, 0.1) is 18.3 Å². The molecule has 0 spiro atoms. The van der Waals surface area contributed by atoms with Crippen molar-refractivity contribution in [2.75, 3.05) is 24.7 Å². The molecule has 0 bridgehead atoms. The van der Waals surface area contributed by atoms with E-state index in [9.17, 15) is 4.79 Å². The van der Waals surface area contributed by atoms with Crippen LogP contribution in [-0.4, -0.2) is 35.1 Å². The van der Waals surface area contributed by atoms with E-state index >= 15 is 0 Å². The van der Waals surface area contributed by atoms with Gasteiger partial charge in [-0.1, -0.05) is 53.4 Å². The minimum atomic E-state index is -0.0889. The molecule has 0 fully saturated rings. The van der Waals surface area contributed by atoms with Crippen molar-refractivity contribution in [2.45, 2.75) is 17.7 Å². The Morgan fingerprint density at radius 2 is 2.17 bits per heavy atom. The lowest BCUT2D eigenvalue weighted by Crippen LogP contribution is -2.29. The summed E-state index contributed by atoms with van der Waals surface area (Å²) < 4.78 is 0.972. The van der Waals surface area contributed by atoms with Crippen molar-refractivity contribution < 1.29 is 4.79 Å². The molecule has 23 heavy (non-hydrogen) atoms. The van der Waals surface area contributed by atoms with Crippen molar-refractivity contribution in [3.05, 3.63) is 41.6 Å². The first-order chi connectivity index (χ1) is 11.1. The summed E-state index contributed by atoms with van der Waals surface area (Å²) in [4.78, 5) is 18.4. The number of nitrogens with one attached hydrogen (secondary N) is 1. The highest BCUT2D eigenvalue weighted by Crippen LogP contribution is 2.31. The molecule has 0 radical (unpaired) electrons. The lowest BCUT2D eigenvalue weighted by molar-refractivity contribution is -0.117. The van der Waals surface area contributed by atoms with E-state index in [0.29, 0.717) is 24.0 Å². The van der Waals surface area contributed by atoms with Crippen LogP contribution in [0.25, 0.3) is 0 Å². The number of carbonyl (C=O) groups is 1. The first kappa shape index (κ1) is 17.5. The molecule has 2 rings (SSSR count).